The van der Waals surface area contributed by atoms with Crippen LogP contribution in [0.1, 0.15) is 32.1 Å². The molecule has 2 saturated heterocycles. The van der Waals surface area contributed by atoms with Gasteiger partial charge in [-0.2, -0.15) is 0 Å². The Bertz CT molecular complexity index is 651. The minimum absolute atomic E-state index is 0.387. The van der Waals surface area contributed by atoms with E-state index < -0.39 is 0 Å². The van der Waals surface area contributed by atoms with Gasteiger partial charge in [0, 0.05) is 30.3 Å². The number of ketones is 1. The van der Waals surface area contributed by atoms with E-state index in [0.29, 0.717) is 30.7 Å². The third-order valence-electron chi connectivity index (χ3n) is 4.66. The van der Waals surface area contributed by atoms with Crippen molar-refractivity contribution < 1.29 is 4.79 Å². The molecule has 2 unspecified atom stereocenters. The summed E-state index contributed by atoms with van der Waals surface area (Å²) in [5.74, 6) is 0.435. The number of benzene rings is 1. The molecule has 4 rings (SSSR count). The van der Waals surface area contributed by atoms with E-state index in [-0.39, 0.29) is 0 Å². The average Bonchev–Trinajstić information content (AvgIpc) is 2.46. The van der Waals surface area contributed by atoms with E-state index in [4.69, 9.17) is 0 Å². The number of Topliss-reactive ketones (excluding diaryl/α,β-unsaturated/α-hetero) is 1. The molecule has 0 radical (unpaired) electrons. The Hall–Kier alpha value is -1.90. The Morgan fingerprint density at radius 2 is 1.85 bits per heavy atom. The predicted octanol–water partition coefficient (Wildman–Crippen LogP) is 3.33. The van der Waals surface area contributed by atoms with Crippen LogP contribution < -0.4 is 4.90 Å². The van der Waals surface area contributed by atoms with Crippen molar-refractivity contribution in [1.29, 1.82) is 0 Å². The summed E-state index contributed by atoms with van der Waals surface area (Å²) in [6.45, 7) is 0. The Kier molecular flexibility index (Phi) is 2.72. The van der Waals surface area contributed by atoms with Crippen molar-refractivity contribution >= 4 is 22.4 Å². The number of carbonyl (C=O) groups excluding carboxylic acids is 1. The van der Waals surface area contributed by atoms with E-state index in [1.165, 1.54) is 17.5 Å². The Labute approximate surface area is 118 Å². The summed E-state index contributed by atoms with van der Waals surface area (Å²) >= 11 is 0. The van der Waals surface area contributed by atoms with Crippen LogP contribution in [0.2, 0.25) is 0 Å². The maximum Gasteiger partial charge on any atom is 0.137 e. The fourth-order valence-electron chi connectivity index (χ4n) is 3.80. The van der Waals surface area contributed by atoms with E-state index >= 15 is 0 Å². The number of piperidine rings is 2. The first-order valence-electron chi connectivity index (χ1n) is 7.46. The highest BCUT2D eigenvalue weighted by atomic mass is 16.1. The van der Waals surface area contributed by atoms with Gasteiger partial charge in [-0.3, -0.25) is 9.78 Å². The molecule has 20 heavy (non-hydrogen) atoms. The second kappa shape index (κ2) is 4.58. The quantitative estimate of drug-likeness (QED) is 0.794. The second-order valence-electron chi connectivity index (χ2n) is 5.98. The molecule has 3 heterocycles. The summed E-state index contributed by atoms with van der Waals surface area (Å²) < 4.78 is 0. The highest BCUT2D eigenvalue weighted by Crippen LogP contribution is 2.36. The topological polar surface area (TPSA) is 33.2 Å². The number of carbonyl (C=O) groups is 1. The minimum Gasteiger partial charge on any atom is -0.363 e. The smallest absolute Gasteiger partial charge is 0.137 e. The fraction of sp³-hybridized carbons (Fsp3) is 0.412. The molecule has 2 atom stereocenters. The average molecular weight is 266 g/mol. The molecular weight excluding hydrogens is 248 g/mol. The molecule has 2 fully saturated rings. The van der Waals surface area contributed by atoms with Crippen molar-refractivity contribution in [3.8, 4) is 0 Å². The largest absolute Gasteiger partial charge is 0.363 e. The van der Waals surface area contributed by atoms with Crippen LogP contribution in [-0.2, 0) is 4.79 Å². The summed E-state index contributed by atoms with van der Waals surface area (Å²) in [7, 11) is 0. The van der Waals surface area contributed by atoms with Gasteiger partial charge in [0.2, 0.25) is 0 Å². The number of rotatable bonds is 1. The Balaban J connectivity index is 1.76. The van der Waals surface area contributed by atoms with Crippen LogP contribution in [0.5, 0.6) is 0 Å². The molecule has 1 aromatic carbocycles. The Morgan fingerprint density at radius 1 is 1.10 bits per heavy atom. The van der Waals surface area contributed by atoms with Gasteiger partial charge in [0.1, 0.15) is 5.78 Å². The lowest BCUT2D eigenvalue weighted by Gasteiger charge is -2.47. The summed E-state index contributed by atoms with van der Waals surface area (Å²) in [4.78, 5) is 18.9. The van der Waals surface area contributed by atoms with Gasteiger partial charge in [-0.15, -0.1) is 0 Å². The summed E-state index contributed by atoms with van der Waals surface area (Å²) in [6.07, 6.45) is 6.92. The summed E-state index contributed by atoms with van der Waals surface area (Å²) in [5.41, 5.74) is 2.22. The normalized spacial score (nSPS) is 26.0. The van der Waals surface area contributed by atoms with Crippen molar-refractivity contribution in [1.82, 2.24) is 4.98 Å². The molecule has 0 amide bonds. The zero-order valence-corrected chi connectivity index (χ0v) is 11.5. The first-order chi connectivity index (χ1) is 9.81. The molecule has 2 aromatic rings. The lowest BCUT2D eigenvalue weighted by Crippen LogP contribution is -2.52. The molecule has 3 nitrogen and oxygen atoms in total. The number of para-hydroxylation sites is 1. The lowest BCUT2D eigenvalue weighted by atomic mass is 9.83. The van der Waals surface area contributed by atoms with Crippen LogP contribution >= 0.6 is 0 Å². The van der Waals surface area contributed by atoms with Gasteiger partial charge < -0.3 is 4.90 Å². The van der Waals surface area contributed by atoms with Gasteiger partial charge in [0.05, 0.1) is 17.4 Å². The lowest BCUT2D eigenvalue weighted by molar-refractivity contribution is -0.121. The molecule has 0 saturated carbocycles. The summed E-state index contributed by atoms with van der Waals surface area (Å²) in [6, 6.07) is 11.2. The molecule has 2 aliphatic heterocycles. The standard InChI is InChI=1S/C17H18N2O/c20-16-9-13-5-3-6-14(10-16)19(13)15-8-12-4-1-2-7-17(12)18-11-15/h1-2,4,7-8,11,13-14H,3,5-6,9-10H2. The van der Waals surface area contributed by atoms with Gasteiger partial charge in [-0.1, -0.05) is 18.2 Å². The van der Waals surface area contributed by atoms with Crippen LogP contribution in [0.15, 0.2) is 36.5 Å². The second-order valence-corrected chi connectivity index (χ2v) is 5.98. The van der Waals surface area contributed by atoms with Gasteiger partial charge in [-0.05, 0) is 31.4 Å². The number of aromatic nitrogens is 1. The highest BCUT2D eigenvalue weighted by Gasteiger charge is 2.37. The SMILES string of the molecule is O=C1CC2CCCC(C1)N2c1cnc2ccccc2c1. The first kappa shape index (κ1) is 11.9. The van der Waals surface area contributed by atoms with E-state index in [0.717, 1.165) is 18.4 Å². The molecule has 1 aromatic heterocycles. The van der Waals surface area contributed by atoms with E-state index in [1.807, 2.05) is 24.4 Å². The zero-order valence-electron chi connectivity index (χ0n) is 11.5. The van der Waals surface area contributed by atoms with Crippen molar-refractivity contribution in [2.75, 3.05) is 4.90 Å². The molecular formula is C17H18N2O. The van der Waals surface area contributed by atoms with Crippen molar-refractivity contribution in [3.05, 3.63) is 36.5 Å². The molecule has 0 spiro atoms. The Morgan fingerprint density at radius 3 is 2.65 bits per heavy atom. The maximum atomic E-state index is 11.8. The van der Waals surface area contributed by atoms with Gasteiger partial charge in [0.15, 0.2) is 0 Å². The van der Waals surface area contributed by atoms with E-state index in [1.54, 1.807) is 0 Å². The number of hydrogen-bond acceptors (Lipinski definition) is 3. The van der Waals surface area contributed by atoms with Crippen molar-refractivity contribution in [2.24, 2.45) is 0 Å². The zero-order chi connectivity index (χ0) is 13.5. The monoisotopic (exact) mass is 266 g/mol. The van der Waals surface area contributed by atoms with Crippen molar-refractivity contribution in [2.45, 2.75) is 44.2 Å². The van der Waals surface area contributed by atoms with Gasteiger partial charge >= 0.3 is 0 Å². The van der Waals surface area contributed by atoms with Crippen LogP contribution in [0.25, 0.3) is 10.9 Å². The van der Waals surface area contributed by atoms with Gasteiger partial charge in [-0.25, -0.2) is 0 Å². The molecule has 2 aliphatic rings. The molecule has 2 bridgehead atoms. The minimum atomic E-state index is 0.387. The predicted molar refractivity (Wildman–Crippen MR) is 79.9 cm³/mol. The summed E-state index contributed by atoms with van der Waals surface area (Å²) in [5, 5.41) is 1.18. The molecule has 3 heteroatoms. The third-order valence-corrected chi connectivity index (χ3v) is 4.66. The van der Waals surface area contributed by atoms with Crippen LogP contribution in [-0.4, -0.2) is 22.9 Å². The van der Waals surface area contributed by atoms with E-state index in [2.05, 4.69) is 22.0 Å². The van der Waals surface area contributed by atoms with Gasteiger partial charge in [0.25, 0.3) is 0 Å². The number of fused-ring (bicyclic) bond motifs is 3. The third kappa shape index (κ3) is 1.89. The number of anilines is 1. The molecule has 0 aliphatic carbocycles. The van der Waals surface area contributed by atoms with Crippen molar-refractivity contribution in [3.63, 3.8) is 0 Å². The van der Waals surface area contributed by atoms with Crippen LogP contribution in [0, 0.1) is 0 Å². The van der Waals surface area contributed by atoms with Crippen LogP contribution in [0.3, 0.4) is 0 Å². The number of hydrogen-bond donors (Lipinski definition) is 0. The number of pyridine rings is 1. The number of nitrogens with zero attached hydrogens (tertiary/aromatic N) is 2. The molecule has 0 N–H and O–H groups in total. The maximum absolute atomic E-state index is 11.8. The highest BCUT2D eigenvalue weighted by molar-refractivity contribution is 5.85. The fourth-order valence-corrected chi connectivity index (χ4v) is 3.80. The van der Waals surface area contributed by atoms with Crippen LogP contribution in [0.4, 0.5) is 5.69 Å². The van der Waals surface area contributed by atoms with E-state index in [9.17, 15) is 4.79 Å². The molecule has 102 valence electrons. The first-order valence-corrected chi connectivity index (χ1v) is 7.46.